The molecule has 0 fully saturated rings. The summed E-state index contributed by atoms with van der Waals surface area (Å²) in [5.41, 5.74) is 3.53. The number of nitriles is 1. The van der Waals surface area contributed by atoms with E-state index in [0.29, 0.717) is 22.6 Å². The van der Waals surface area contributed by atoms with Crippen LogP contribution in [0.25, 0.3) is 16.9 Å². The Labute approximate surface area is 202 Å². The maximum atomic E-state index is 11.8. The highest BCUT2D eigenvalue weighted by atomic mass is 35.5. The fourth-order valence-electron chi connectivity index (χ4n) is 3.52. The molecule has 0 saturated heterocycles. The zero-order chi connectivity index (χ0) is 24.1. The molecule has 4 aromatic rings. The van der Waals surface area contributed by atoms with Gasteiger partial charge in [0.1, 0.15) is 23.1 Å². The lowest BCUT2D eigenvalue weighted by Crippen LogP contribution is -2.11. The molecule has 0 aliphatic rings. The van der Waals surface area contributed by atoms with Crippen LogP contribution in [0, 0.1) is 11.3 Å². The van der Waals surface area contributed by atoms with Gasteiger partial charge in [-0.15, -0.1) is 0 Å². The van der Waals surface area contributed by atoms with Crippen LogP contribution in [0.3, 0.4) is 0 Å². The van der Waals surface area contributed by atoms with Crippen molar-refractivity contribution >= 4 is 29.0 Å². The van der Waals surface area contributed by atoms with Crippen LogP contribution in [-0.4, -0.2) is 20.8 Å². The van der Waals surface area contributed by atoms with Crippen molar-refractivity contribution < 1.29 is 9.90 Å². The molecule has 4 rings (SSSR count). The topological polar surface area (TPSA) is 103 Å². The Morgan fingerprint density at radius 3 is 2.44 bits per heavy atom. The summed E-state index contributed by atoms with van der Waals surface area (Å²) < 4.78 is 1.70. The Hall–Kier alpha value is -4.28. The Balaban J connectivity index is 1.74. The maximum Gasteiger partial charge on any atom is 0.224 e. The van der Waals surface area contributed by atoms with E-state index in [0.717, 1.165) is 11.3 Å². The van der Waals surface area contributed by atoms with E-state index >= 15 is 0 Å². The summed E-state index contributed by atoms with van der Waals surface area (Å²) in [6.07, 6.45) is 0.267. The van der Waals surface area contributed by atoms with Crippen molar-refractivity contribution in [3.8, 4) is 28.8 Å². The number of phenolic OH excluding ortho intramolecular Hbond substituents is 1. The molecule has 3 N–H and O–H groups in total. The number of hydrogen-bond donors (Lipinski definition) is 3. The Morgan fingerprint density at radius 2 is 1.79 bits per heavy atom. The van der Waals surface area contributed by atoms with Crippen molar-refractivity contribution in [1.29, 1.82) is 5.26 Å². The van der Waals surface area contributed by atoms with Crippen LogP contribution in [0.15, 0.2) is 72.8 Å². The molecule has 0 atom stereocenters. The van der Waals surface area contributed by atoms with Gasteiger partial charge in [0.2, 0.25) is 5.91 Å². The second-order valence-corrected chi connectivity index (χ2v) is 7.93. The summed E-state index contributed by atoms with van der Waals surface area (Å²) in [5, 5.41) is 31.1. The third-order valence-corrected chi connectivity index (χ3v) is 5.51. The zero-order valence-corrected chi connectivity index (χ0v) is 19.2. The minimum absolute atomic E-state index is 0.118. The number of nitrogens with one attached hydrogen (secondary N) is 2. The third kappa shape index (κ3) is 4.72. The lowest BCUT2D eigenvalue weighted by Gasteiger charge is -2.13. The number of nitrogens with zero attached hydrogens (tertiary/aromatic N) is 3. The number of anilines is 2. The number of carbonyl (C=O) groups is 1. The first-order chi connectivity index (χ1) is 16.5. The van der Waals surface area contributed by atoms with Gasteiger partial charge in [0.05, 0.1) is 16.4 Å². The van der Waals surface area contributed by atoms with Gasteiger partial charge in [-0.3, -0.25) is 4.79 Å². The predicted octanol–water partition coefficient (Wildman–Crippen LogP) is 5.73. The molecule has 1 aromatic heterocycles. The lowest BCUT2D eigenvalue weighted by atomic mass is 10.1. The number of benzene rings is 3. The standard InChI is InChI=1S/C26H22ClN5O2/c1-2-23(33)30-22-14-17(13-21(27)25(22)34)16-29-26-20(15-28)24(18-9-5-3-6-10-18)31-32(26)19-11-7-4-8-12-19/h3-14,29,34H,2,16H2,1H3,(H,30,33). The molecule has 3 aromatic carbocycles. The third-order valence-electron chi connectivity index (χ3n) is 5.22. The first-order valence-corrected chi connectivity index (χ1v) is 11.1. The molecule has 0 radical (unpaired) electrons. The Kier molecular flexibility index (Phi) is 6.81. The smallest absolute Gasteiger partial charge is 0.224 e. The summed E-state index contributed by atoms with van der Waals surface area (Å²) in [4.78, 5) is 11.8. The molecule has 0 aliphatic heterocycles. The summed E-state index contributed by atoms with van der Waals surface area (Å²) >= 11 is 6.20. The highest BCUT2D eigenvalue weighted by Crippen LogP contribution is 2.35. The number of aromatic hydroxyl groups is 1. The molecule has 170 valence electrons. The molecule has 1 heterocycles. The van der Waals surface area contributed by atoms with Gasteiger partial charge < -0.3 is 15.7 Å². The average molecular weight is 472 g/mol. The maximum absolute atomic E-state index is 11.8. The highest BCUT2D eigenvalue weighted by Gasteiger charge is 2.20. The van der Waals surface area contributed by atoms with Crippen LogP contribution >= 0.6 is 11.6 Å². The number of halogens is 1. The predicted molar refractivity (Wildman–Crippen MR) is 133 cm³/mol. The first-order valence-electron chi connectivity index (χ1n) is 10.7. The summed E-state index contributed by atoms with van der Waals surface area (Å²) in [6, 6.07) is 24.6. The van der Waals surface area contributed by atoms with Crippen molar-refractivity contribution in [3.05, 3.63) is 88.9 Å². The molecular weight excluding hydrogens is 450 g/mol. The average Bonchev–Trinajstić information content (AvgIpc) is 3.25. The number of aromatic nitrogens is 2. The lowest BCUT2D eigenvalue weighted by molar-refractivity contribution is -0.115. The number of rotatable bonds is 7. The Bertz CT molecular complexity index is 1360. The summed E-state index contributed by atoms with van der Waals surface area (Å²) in [5.74, 6) is 0.0967. The van der Waals surface area contributed by atoms with E-state index in [1.54, 1.807) is 23.7 Å². The SMILES string of the molecule is CCC(=O)Nc1cc(CNc2c(C#N)c(-c3ccccc3)nn2-c2ccccc2)cc(Cl)c1O. The van der Waals surface area contributed by atoms with Crippen molar-refractivity contribution in [2.75, 3.05) is 10.6 Å². The van der Waals surface area contributed by atoms with E-state index in [1.807, 2.05) is 60.7 Å². The van der Waals surface area contributed by atoms with Gasteiger partial charge in [0.15, 0.2) is 5.75 Å². The molecule has 0 saturated carbocycles. The second-order valence-electron chi connectivity index (χ2n) is 7.53. The second kappa shape index (κ2) is 10.1. The number of amides is 1. The van der Waals surface area contributed by atoms with Gasteiger partial charge in [-0.2, -0.15) is 10.4 Å². The van der Waals surface area contributed by atoms with E-state index in [4.69, 9.17) is 16.7 Å². The van der Waals surface area contributed by atoms with E-state index in [-0.39, 0.29) is 35.3 Å². The number of para-hydroxylation sites is 1. The van der Waals surface area contributed by atoms with Gasteiger partial charge in [-0.05, 0) is 29.8 Å². The fourth-order valence-corrected chi connectivity index (χ4v) is 3.76. The molecule has 0 unspecified atom stereocenters. The van der Waals surface area contributed by atoms with Crippen LogP contribution in [0.5, 0.6) is 5.75 Å². The summed E-state index contributed by atoms with van der Waals surface area (Å²) in [7, 11) is 0. The Morgan fingerprint density at radius 1 is 1.12 bits per heavy atom. The van der Waals surface area contributed by atoms with Crippen LogP contribution in [0.4, 0.5) is 11.5 Å². The van der Waals surface area contributed by atoms with Crippen LogP contribution < -0.4 is 10.6 Å². The molecule has 7 nitrogen and oxygen atoms in total. The number of hydrogen-bond acceptors (Lipinski definition) is 5. The van der Waals surface area contributed by atoms with Crippen molar-refractivity contribution in [2.45, 2.75) is 19.9 Å². The van der Waals surface area contributed by atoms with E-state index in [2.05, 4.69) is 16.7 Å². The first kappa shape index (κ1) is 22.9. The monoisotopic (exact) mass is 471 g/mol. The number of phenols is 1. The number of carbonyl (C=O) groups excluding carboxylic acids is 1. The molecule has 0 spiro atoms. The molecular formula is C26H22ClN5O2. The normalized spacial score (nSPS) is 10.5. The largest absolute Gasteiger partial charge is 0.504 e. The highest BCUT2D eigenvalue weighted by molar-refractivity contribution is 6.32. The molecule has 0 aliphatic carbocycles. The zero-order valence-electron chi connectivity index (χ0n) is 18.4. The van der Waals surface area contributed by atoms with E-state index in [9.17, 15) is 15.2 Å². The van der Waals surface area contributed by atoms with Crippen LogP contribution in [-0.2, 0) is 11.3 Å². The molecule has 34 heavy (non-hydrogen) atoms. The fraction of sp³-hybridized carbons (Fsp3) is 0.115. The van der Waals surface area contributed by atoms with Gasteiger partial charge >= 0.3 is 0 Å². The quantitative estimate of drug-likeness (QED) is 0.299. The van der Waals surface area contributed by atoms with Crippen molar-refractivity contribution in [1.82, 2.24) is 9.78 Å². The van der Waals surface area contributed by atoms with Crippen molar-refractivity contribution in [3.63, 3.8) is 0 Å². The van der Waals surface area contributed by atoms with Crippen LogP contribution in [0.2, 0.25) is 5.02 Å². The minimum Gasteiger partial charge on any atom is -0.504 e. The molecule has 8 heteroatoms. The van der Waals surface area contributed by atoms with Crippen LogP contribution in [0.1, 0.15) is 24.5 Å². The van der Waals surface area contributed by atoms with Crippen molar-refractivity contribution in [2.24, 2.45) is 0 Å². The minimum atomic E-state index is -0.238. The van der Waals surface area contributed by atoms with Gasteiger partial charge in [-0.1, -0.05) is 67.1 Å². The van der Waals surface area contributed by atoms with Gasteiger partial charge in [0.25, 0.3) is 0 Å². The molecule has 0 bridgehead atoms. The van der Waals surface area contributed by atoms with E-state index in [1.165, 1.54) is 0 Å². The molecule has 1 amide bonds. The van der Waals surface area contributed by atoms with E-state index < -0.39 is 0 Å². The van der Waals surface area contributed by atoms with Gasteiger partial charge in [-0.25, -0.2) is 4.68 Å². The summed E-state index contributed by atoms with van der Waals surface area (Å²) in [6.45, 7) is 1.99. The van der Waals surface area contributed by atoms with Gasteiger partial charge in [0, 0.05) is 18.5 Å².